The average Bonchev–Trinajstić information content (AvgIpc) is 2.44. The second kappa shape index (κ2) is 7.66. The van der Waals surface area contributed by atoms with Crippen LogP contribution in [0.25, 0.3) is 0 Å². The fourth-order valence-electron chi connectivity index (χ4n) is 1.89. The number of nitrogens with two attached hydrogens (primary N) is 1. The molecule has 144 valence electrons. The van der Waals surface area contributed by atoms with Crippen molar-refractivity contribution in [3.8, 4) is 0 Å². The van der Waals surface area contributed by atoms with Gasteiger partial charge in [-0.2, -0.15) is 0 Å². The van der Waals surface area contributed by atoms with Gasteiger partial charge in [-0.25, -0.2) is 18.4 Å². The van der Waals surface area contributed by atoms with Crippen molar-refractivity contribution in [3.63, 3.8) is 0 Å². The molecule has 0 radical (unpaired) electrons. The Balaban J connectivity index is 3.46. The smallest absolute Gasteiger partial charge is 0.415 e. The number of nitro groups is 1. The number of hydrogen-bond acceptors (Lipinski definition) is 7. The molecule has 0 aliphatic carbocycles. The zero-order valence-corrected chi connectivity index (χ0v) is 15.1. The maximum atomic E-state index is 12.4. The van der Waals surface area contributed by atoms with Crippen LogP contribution >= 0.6 is 0 Å². The molecule has 0 saturated carbocycles. The van der Waals surface area contributed by atoms with Gasteiger partial charge in [-0.3, -0.25) is 19.8 Å². The van der Waals surface area contributed by atoms with Crippen LogP contribution in [0.15, 0.2) is 23.1 Å². The Morgan fingerprint density at radius 3 is 2.35 bits per heavy atom. The van der Waals surface area contributed by atoms with Crippen LogP contribution in [-0.2, 0) is 19.6 Å². The topological polar surface area (TPSA) is 170 Å². The molecule has 3 N–H and O–H groups in total. The van der Waals surface area contributed by atoms with Crippen molar-refractivity contribution < 1.29 is 32.8 Å². The van der Waals surface area contributed by atoms with Gasteiger partial charge in [-0.05, 0) is 32.9 Å². The fourth-order valence-corrected chi connectivity index (χ4v) is 2.42. The van der Waals surface area contributed by atoms with E-state index in [1.807, 2.05) is 0 Å². The summed E-state index contributed by atoms with van der Waals surface area (Å²) < 4.78 is 27.9. The van der Waals surface area contributed by atoms with Gasteiger partial charge in [0.2, 0.25) is 10.0 Å². The predicted octanol–water partition coefficient (Wildman–Crippen LogP) is 1.46. The molecule has 0 bridgehead atoms. The molecule has 0 aliphatic heterocycles. The number of hydrogen-bond donors (Lipinski definition) is 2. The first kappa shape index (κ1) is 21.3. The summed E-state index contributed by atoms with van der Waals surface area (Å²) in [5.41, 5.74) is -1.97. The number of carboxylic acid groups (broad SMARTS) is 1. The first-order valence-electron chi connectivity index (χ1n) is 7.26. The maximum absolute atomic E-state index is 12.4. The number of benzene rings is 1. The van der Waals surface area contributed by atoms with E-state index in [0.29, 0.717) is 6.07 Å². The third-order valence-corrected chi connectivity index (χ3v) is 3.84. The number of nitro benzene ring substituents is 1. The van der Waals surface area contributed by atoms with Crippen LogP contribution in [0.3, 0.4) is 0 Å². The zero-order chi connectivity index (χ0) is 20.3. The van der Waals surface area contributed by atoms with Crippen LogP contribution in [0.4, 0.5) is 16.2 Å². The van der Waals surface area contributed by atoms with Crippen molar-refractivity contribution in [2.24, 2.45) is 5.14 Å². The molecule has 26 heavy (non-hydrogen) atoms. The normalized spacial score (nSPS) is 11.7. The minimum Gasteiger partial charge on any atom is -0.481 e. The summed E-state index contributed by atoms with van der Waals surface area (Å²) in [6.45, 7) is 4.29. The number of amides is 1. The van der Waals surface area contributed by atoms with Crippen molar-refractivity contribution in [2.75, 3.05) is 11.4 Å². The molecule has 1 aromatic rings. The summed E-state index contributed by atoms with van der Waals surface area (Å²) in [6, 6.07) is 2.68. The van der Waals surface area contributed by atoms with Gasteiger partial charge in [0.05, 0.1) is 16.2 Å². The number of carboxylic acids is 1. The molecule has 0 aromatic heterocycles. The van der Waals surface area contributed by atoms with E-state index in [2.05, 4.69) is 0 Å². The molecule has 0 aliphatic rings. The van der Waals surface area contributed by atoms with E-state index in [4.69, 9.17) is 15.0 Å². The van der Waals surface area contributed by atoms with Crippen LogP contribution in [0.2, 0.25) is 0 Å². The van der Waals surface area contributed by atoms with Crippen LogP contribution in [0, 0.1) is 10.1 Å². The van der Waals surface area contributed by atoms with E-state index in [1.165, 1.54) is 0 Å². The molecule has 12 heteroatoms. The van der Waals surface area contributed by atoms with Crippen LogP contribution in [-0.4, -0.2) is 42.7 Å². The highest BCUT2D eigenvalue weighted by Crippen LogP contribution is 2.31. The average molecular weight is 389 g/mol. The Hall–Kier alpha value is -2.73. The summed E-state index contributed by atoms with van der Waals surface area (Å²) >= 11 is 0. The summed E-state index contributed by atoms with van der Waals surface area (Å²) in [5.74, 6) is -1.23. The Labute approximate surface area is 149 Å². The monoisotopic (exact) mass is 389 g/mol. The highest BCUT2D eigenvalue weighted by atomic mass is 32.2. The Bertz CT molecular complexity index is 829. The van der Waals surface area contributed by atoms with E-state index >= 15 is 0 Å². The van der Waals surface area contributed by atoms with E-state index in [9.17, 15) is 28.1 Å². The van der Waals surface area contributed by atoms with Gasteiger partial charge in [0.15, 0.2) is 0 Å². The first-order chi connectivity index (χ1) is 11.7. The molecule has 0 spiro atoms. The molecule has 0 unspecified atom stereocenters. The number of aliphatic carboxylic acids is 1. The lowest BCUT2D eigenvalue weighted by atomic mass is 10.2. The summed E-state index contributed by atoms with van der Waals surface area (Å²) in [5, 5.41) is 25.1. The molecule has 1 aromatic carbocycles. The van der Waals surface area contributed by atoms with Crippen molar-refractivity contribution in [1.29, 1.82) is 0 Å². The molecule has 0 fully saturated rings. The van der Waals surface area contributed by atoms with Crippen LogP contribution in [0.1, 0.15) is 27.2 Å². The number of ether oxygens (including phenoxy) is 1. The third kappa shape index (κ3) is 5.97. The summed E-state index contributed by atoms with van der Waals surface area (Å²) in [4.78, 5) is 33.9. The van der Waals surface area contributed by atoms with Gasteiger partial charge in [0, 0.05) is 12.6 Å². The van der Waals surface area contributed by atoms with E-state index in [0.717, 1.165) is 17.0 Å². The second-order valence-electron chi connectivity index (χ2n) is 6.23. The Kier molecular flexibility index (Phi) is 6.28. The number of carbonyl (C=O) groups is 2. The molecule has 1 rings (SSSR count). The third-order valence-electron chi connectivity index (χ3n) is 2.93. The van der Waals surface area contributed by atoms with E-state index < -0.39 is 56.2 Å². The van der Waals surface area contributed by atoms with Crippen molar-refractivity contribution in [2.45, 2.75) is 37.7 Å². The molecule has 0 saturated heterocycles. The van der Waals surface area contributed by atoms with Crippen LogP contribution in [0.5, 0.6) is 0 Å². The van der Waals surface area contributed by atoms with Gasteiger partial charge in [-0.15, -0.1) is 0 Å². The molecule has 0 heterocycles. The molecule has 1 amide bonds. The Morgan fingerprint density at radius 1 is 1.35 bits per heavy atom. The number of primary sulfonamides is 1. The summed E-state index contributed by atoms with van der Waals surface area (Å²) in [6.07, 6.45) is -1.52. The highest BCUT2D eigenvalue weighted by Gasteiger charge is 2.30. The predicted molar refractivity (Wildman–Crippen MR) is 90.3 cm³/mol. The maximum Gasteiger partial charge on any atom is 0.415 e. The molecular formula is C14H19N3O8S. The van der Waals surface area contributed by atoms with Gasteiger partial charge in [-0.1, -0.05) is 0 Å². The quantitative estimate of drug-likeness (QED) is 0.544. The largest absolute Gasteiger partial charge is 0.481 e. The van der Waals surface area contributed by atoms with Crippen molar-refractivity contribution in [1.82, 2.24) is 0 Å². The minimum atomic E-state index is -4.21. The van der Waals surface area contributed by atoms with Gasteiger partial charge in [0.1, 0.15) is 11.3 Å². The standard InChI is InChI=1S/C14H19N3O8S/c1-14(2,3)25-13(20)16(7-6-12(18)19)10-5-4-9(26(15,23)24)8-11(10)17(21)22/h4-5,8H,6-7H2,1-3H3,(H,18,19)(H2,15,23,24). The van der Waals surface area contributed by atoms with Gasteiger partial charge >= 0.3 is 12.1 Å². The number of sulfonamides is 1. The minimum absolute atomic E-state index is 0.307. The van der Waals surface area contributed by atoms with Gasteiger partial charge in [0.25, 0.3) is 5.69 Å². The molecule has 11 nitrogen and oxygen atoms in total. The number of carbonyl (C=O) groups excluding carboxylic acids is 1. The summed E-state index contributed by atoms with van der Waals surface area (Å²) in [7, 11) is -4.21. The number of rotatable bonds is 6. The van der Waals surface area contributed by atoms with Crippen LogP contribution < -0.4 is 10.0 Å². The van der Waals surface area contributed by atoms with E-state index in [1.54, 1.807) is 20.8 Å². The van der Waals surface area contributed by atoms with E-state index in [-0.39, 0.29) is 5.69 Å². The fraction of sp³-hybridized carbons (Fsp3) is 0.429. The van der Waals surface area contributed by atoms with Crippen molar-refractivity contribution in [3.05, 3.63) is 28.3 Å². The lowest BCUT2D eigenvalue weighted by Gasteiger charge is -2.27. The zero-order valence-electron chi connectivity index (χ0n) is 14.3. The van der Waals surface area contributed by atoms with Gasteiger partial charge < -0.3 is 9.84 Å². The number of nitrogens with zero attached hydrogens (tertiary/aromatic N) is 2. The number of anilines is 1. The van der Waals surface area contributed by atoms with Crippen molar-refractivity contribution >= 4 is 33.5 Å². The lowest BCUT2D eigenvalue weighted by Crippen LogP contribution is -2.38. The molecular weight excluding hydrogens is 370 g/mol. The second-order valence-corrected chi connectivity index (χ2v) is 7.79. The first-order valence-corrected chi connectivity index (χ1v) is 8.80. The lowest BCUT2D eigenvalue weighted by molar-refractivity contribution is -0.384. The highest BCUT2D eigenvalue weighted by molar-refractivity contribution is 7.89. The molecule has 0 atom stereocenters. The Morgan fingerprint density at radius 2 is 1.92 bits per heavy atom. The SMILES string of the molecule is CC(C)(C)OC(=O)N(CCC(=O)O)c1ccc(S(N)(=O)=O)cc1[N+](=O)[O-].